The molecule has 4 unspecified atom stereocenters. The van der Waals surface area contributed by atoms with Crippen LogP contribution in [-0.2, 0) is 15.5 Å². The van der Waals surface area contributed by atoms with E-state index in [9.17, 15) is 9.00 Å². The molecule has 1 saturated heterocycles. The summed E-state index contributed by atoms with van der Waals surface area (Å²) in [5.41, 5.74) is 0.647. The van der Waals surface area contributed by atoms with Gasteiger partial charge >= 0.3 is 0 Å². The lowest BCUT2D eigenvalue weighted by molar-refractivity contribution is 0.0985. The minimum Gasteiger partial charge on any atom is -0.377 e. The molecule has 1 aliphatic heterocycles. The third kappa shape index (κ3) is 3.12. The zero-order chi connectivity index (χ0) is 13.8. The minimum absolute atomic E-state index is 0.0134. The molecular weight excluding hydrogens is 260 g/mol. The van der Waals surface area contributed by atoms with Crippen LogP contribution in [0.25, 0.3) is 0 Å². The van der Waals surface area contributed by atoms with Crippen LogP contribution in [0.2, 0.25) is 0 Å². The molecule has 3 nitrogen and oxygen atoms in total. The summed E-state index contributed by atoms with van der Waals surface area (Å²) >= 11 is 0. The predicted octanol–water partition coefficient (Wildman–Crippen LogP) is 2.57. The van der Waals surface area contributed by atoms with Gasteiger partial charge in [0, 0.05) is 23.0 Å². The molecule has 0 aromatic heterocycles. The number of carbonyl (C=O) groups is 1. The van der Waals surface area contributed by atoms with Crippen molar-refractivity contribution >= 4 is 16.6 Å². The van der Waals surface area contributed by atoms with E-state index in [1.54, 1.807) is 12.1 Å². The lowest BCUT2D eigenvalue weighted by atomic mass is 10.1. The number of carbonyl (C=O) groups excluding carboxylic acids is 1. The van der Waals surface area contributed by atoms with Crippen LogP contribution in [0.15, 0.2) is 30.3 Å². The fourth-order valence-electron chi connectivity index (χ4n) is 2.47. The first-order valence-electron chi connectivity index (χ1n) is 6.75. The molecule has 0 saturated carbocycles. The zero-order valence-corrected chi connectivity index (χ0v) is 12.2. The van der Waals surface area contributed by atoms with Gasteiger partial charge in [0.2, 0.25) is 0 Å². The van der Waals surface area contributed by atoms with E-state index in [4.69, 9.17) is 4.74 Å². The summed E-state index contributed by atoms with van der Waals surface area (Å²) < 4.78 is 18.1. The van der Waals surface area contributed by atoms with Gasteiger partial charge in [-0.15, -0.1) is 0 Å². The molecule has 1 fully saturated rings. The van der Waals surface area contributed by atoms with E-state index in [0.29, 0.717) is 18.6 Å². The molecule has 1 aromatic carbocycles. The molecule has 2 rings (SSSR count). The zero-order valence-electron chi connectivity index (χ0n) is 11.4. The number of benzene rings is 1. The molecule has 1 heterocycles. The van der Waals surface area contributed by atoms with Crippen molar-refractivity contribution in [1.29, 1.82) is 0 Å². The Bertz CT molecular complexity index is 458. The Kier molecular flexibility index (Phi) is 4.88. The number of rotatable bonds is 5. The number of ether oxygens (including phenoxy) is 1. The standard InChI is InChI=1S/C15H20O3S/c1-3-13(15(16)12-7-5-4-6-8-12)19(17)14-9-10-18-11(14)2/h4-8,11,13-14H,3,9-10H2,1-2H3. The Morgan fingerprint density at radius 3 is 2.63 bits per heavy atom. The highest BCUT2D eigenvalue weighted by atomic mass is 32.2. The van der Waals surface area contributed by atoms with Gasteiger partial charge in [-0.1, -0.05) is 37.3 Å². The van der Waals surface area contributed by atoms with Crippen molar-refractivity contribution < 1.29 is 13.7 Å². The summed E-state index contributed by atoms with van der Waals surface area (Å²) in [4.78, 5) is 12.4. The molecule has 0 aliphatic carbocycles. The summed E-state index contributed by atoms with van der Waals surface area (Å²) in [6.45, 7) is 4.51. The van der Waals surface area contributed by atoms with Gasteiger partial charge in [0.1, 0.15) is 0 Å². The molecule has 0 spiro atoms. The smallest absolute Gasteiger partial charge is 0.178 e. The largest absolute Gasteiger partial charge is 0.377 e. The fourth-order valence-corrected chi connectivity index (χ4v) is 4.35. The lowest BCUT2D eigenvalue weighted by Crippen LogP contribution is -2.35. The molecule has 104 valence electrons. The van der Waals surface area contributed by atoms with Crippen molar-refractivity contribution in [3.05, 3.63) is 35.9 Å². The van der Waals surface area contributed by atoms with Gasteiger partial charge < -0.3 is 4.74 Å². The highest BCUT2D eigenvalue weighted by Gasteiger charge is 2.36. The Labute approximate surface area is 116 Å². The highest BCUT2D eigenvalue weighted by molar-refractivity contribution is 7.87. The SMILES string of the molecule is CCC(C(=O)c1ccccc1)S(=O)C1CCOC1C. The monoisotopic (exact) mass is 280 g/mol. The molecular formula is C15H20O3S. The van der Waals surface area contributed by atoms with Crippen molar-refractivity contribution in [3.63, 3.8) is 0 Å². The van der Waals surface area contributed by atoms with Crippen LogP contribution in [0.5, 0.6) is 0 Å². The fraction of sp³-hybridized carbons (Fsp3) is 0.533. The van der Waals surface area contributed by atoms with E-state index >= 15 is 0 Å². The van der Waals surface area contributed by atoms with Crippen molar-refractivity contribution in [2.75, 3.05) is 6.61 Å². The van der Waals surface area contributed by atoms with Crippen LogP contribution in [0, 0.1) is 0 Å². The van der Waals surface area contributed by atoms with E-state index < -0.39 is 16.0 Å². The third-order valence-corrected chi connectivity index (χ3v) is 5.93. The normalized spacial score (nSPS) is 26.0. The van der Waals surface area contributed by atoms with E-state index in [1.807, 2.05) is 32.0 Å². The predicted molar refractivity (Wildman–Crippen MR) is 76.8 cm³/mol. The molecule has 1 aromatic rings. The summed E-state index contributed by atoms with van der Waals surface area (Å²) in [7, 11) is -1.17. The van der Waals surface area contributed by atoms with Crippen LogP contribution in [0.4, 0.5) is 0 Å². The van der Waals surface area contributed by atoms with Gasteiger partial charge in [0.05, 0.1) is 16.6 Å². The van der Waals surface area contributed by atoms with E-state index in [0.717, 1.165) is 6.42 Å². The number of hydrogen-bond donors (Lipinski definition) is 0. The molecule has 19 heavy (non-hydrogen) atoms. The number of Topliss-reactive ketones (excluding diaryl/α,β-unsaturated/α-hetero) is 1. The second-order valence-corrected chi connectivity index (χ2v) is 6.69. The quantitative estimate of drug-likeness (QED) is 0.779. The average Bonchev–Trinajstić information content (AvgIpc) is 2.86. The first kappa shape index (κ1) is 14.4. The maximum atomic E-state index is 12.6. The third-order valence-electron chi connectivity index (χ3n) is 3.61. The van der Waals surface area contributed by atoms with Crippen molar-refractivity contribution in [2.24, 2.45) is 0 Å². The Hall–Kier alpha value is -1.00. The maximum Gasteiger partial charge on any atom is 0.178 e. The molecule has 1 aliphatic rings. The molecule has 0 radical (unpaired) electrons. The van der Waals surface area contributed by atoms with Gasteiger partial charge in [-0.25, -0.2) is 0 Å². The van der Waals surface area contributed by atoms with Crippen molar-refractivity contribution in [1.82, 2.24) is 0 Å². The van der Waals surface area contributed by atoms with E-state index in [2.05, 4.69) is 0 Å². The second-order valence-electron chi connectivity index (χ2n) is 4.86. The molecule has 0 N–H and O–H groups in total. The van der Waals surface area contributed by atoms with Crippen LogP contribution in [-0.4, -0.2) is 33.2 Å². The molecule has 0 bridgehead atoms. The van der Waals surface area contributed by atoms with Gasteiger partial charge in [0.25, 0.3) is 0 Å². The van der Waals surface area contributed by atoms with E-state index in [-0.39, 0.29) is 17.1 Å². The van der Waals surface area contributed by atoms with Crippen molar-refractivity contribution in [3.8, 4) is 0 Å². The van der Waals surface area contributed by atoms with Crippen LogP contribution in [0.3, 0.4) is 0 Å². The summed E-state index contributed by atoms with van der Waals surface area (Å²) in [5.74, 6) is -0.0134. The summed E-state index contributed by atoms with van der Waals surface area (Å²) in [6, 6.07) is 9.13. The average molecular weight is 280 g/mol. The summed E-state index contributed by atoms with van der Waals surface area (Å²) in [5, 5.41) is -0.436. The summed E-state index contributed by atoms with van der Waals surface area (Å²) in [6.07, 6.45) is 1.37. The second kappa shape index (κ2) is 6.44. The molecule has 4 heteroatoms. The Morgan fingerprint density at radius 2 is 2.11 bits per heavy atom. The first-order valence-corrected chi connectivity index (χ1v) is 8.03. The molecule has 4 atom stereocenters. The van der Waals surface area contributed by atoms with E-state index in [1.165, 1.54) is 0 Å². The lowest BCUT2D eigenvalue weighted by Gasteiger charge is -2.20. The van der Waals surface area contributed by atoms with Gasteiger partial charge in [-0.05, 0) is 19.8 Å². The highest BCUT2D eigenvalue weighted by Crippen LogP contribution is 2.24. The van der Waals surface area contributed by atoms with Crippen LogP contribution >= 0.6 is 0 Å². The Morgan fingerprint density at radius 1 is 1.42 bits per heavy atom. The van der Waals surface area contributed by atoms with Crippen LogP contribution < -0.4 is 0 Å². The Balaban J connectivity index is 2.16. The minimum atomic E-state index is -1.17. The molecule has 0 amide bonds. The maximum absolute atomic E-state index is 12.6. The topological polar surface area (TPSA) is 43.4 Å². The number of hydrogen-bond acceptors (Lipinski definition) is 3. The van der Waals surface area contributed by atoms with Crippen molar-refractivity contribution in [2.45, 2.75) is 43.3 Å². The number of ketones is 1. The van der Waals surface area contributed by atoms with Gasteiger partial charge in [0.15, 0.2) is 5.78 Å². The van der Waals surface area contributed by atoms with Gasteiger partial charge in [-0.2, -0.15) is 0 Å². The van der Waals surface area contributed by atoms with Crippen LogP contribution in [0.1, 0.15) is 37.0 Å². The van der Waals surface area contributed by atoms with Gasteiger partial charge in [-0.3, -0.25) is 9.00 Å². The first-order chi connectivity index (χ1) is 9.15.